The number of Topliss-reactive ketones (excluding diaryl/α,β-unsaturated/α-hetero) is 1. The molecule has 0 aliphatic heterocycles. The number of benzene rings is 1. The average Bonchev–Trinajstić information content (AvgIpc) is 2.39. The first-order valence-corrected chi connectivity index (χ1v) is 8.63. The zero-order valence-electron chi connectivity index (χ0n) is 11.8. The number of ketones is 1. The summed E-state index contributed by atoms with van der Waals surface area (Å²) in [7, 11) is 0. The molecule has 1 aromatic rings. The van der Waals surface area contributed by atoms with Crippen molar-refractivity contribution >= 4 is 43.3 Å². The van der Waals surface area contributed by atoms with Crippen molar-refractivity contribution in [1.29, 1.82) is 0 Å². The van der Waals surface area contributed by atoms with Gasteiger partial charge in [-0.1, -0.05) is 35.7 Å². The largest absolute Gasteiger partial charge is 0.294 e. The Morgan fingerprint density at radius 3 is 2.48 bits per heavy atom. The summed E-state index contributed by atoms with van der Waals surface area (Å²) in [5, 5.41) is 11.2. The van der Waals surface area contributed by atoms with E-state index in [0.29, 0.717) is 21.3 Å². The van der Waals surface area contributed by atoms with Crippen LogP contribution in [0, 0.1) is 22.0 Å². The maximum Gasteiger partial charge on any atom is 0.294 e. The van der Waals surface area contributed by atoms with Crippen molar-refractivity contribution in [3.8, 4) is 0 Å². The summed E-state index contributed by atoms with van der Waals surface area (Å²) < 4.78 is 1.00. The van der Waals surface area contributed by atoms with Gasteiger partial charge in [-0.2, -0.15) is 0 Å². The third kappa shape index (κ3) is 4.13. The lowest BCUT2D eigenvalue weighted by Crippen LogP contribution is -2.16. The maximum atomic E-state index is 12.5. The molecule has 0 bridgehead atoms. The molecule has 1 aromatic carbocycles. The van der Waals surface area contributed by atoms with Gasteiger partial charge in [0.15, 0.2) is 5.78 Å². The fourth-order valence-electron chi connectivity index (χ4n) is 2.87. The lowest BCUT2D eigenvalue weighted by Gasteiger charge is -2.25. The van der Waals surface area contributed by atoms with Gasteiger partial charge in [0, 0.05) is 10.9 Å². The van der Waals surface area contributed by atoms with Gasteiger partial charge in [-0.15, -0.1) is 0 Å². The first kappa shape index (κ1) is 16.6. The highest BCUT2D eigenvalue weighted by Crippen LogP contribution is 2.36. The Balaban J connectivity index is 2.21. The second-order valence-electron chi connectivity index (χ2n) is 5.79. The van der Waals surface area contributed by atoms with Gasteiger partial charge >= 0.3 is 0 Å². The molecule has 0 radical (unpaired) electrons. The summed E-state index contributed by atoms with van der Waals surface area (Å²) in [4.78, 5) is 23.2. The minimum absolute atomic E-state index is 0.132. The van der Waals surface area contributed by atoms with Crippen molar-refractivity contribution in [1.82, 2.24) is 0 Å². The van der Waals surface area contributed by atoms with Crippen molar-refractivity contribution in [2.45, 2.75) is 39.0 Å². The minimum atomic E-state index is -0.493. The summed E-state index contributed by atoms with van der Waals surface area (Å²) in [6, 6.07) is 3.15. The summed E-state index contributed by atoms with van der Waals surface area (Å²) >= 11 is 6.47. The predicted octanol–water partition coefficient (Wildman–Crippen LogP) is 5.52. The van der Waals surface area contributed by atoms with Crippen LogP contribution in [0.1, 0.15) is 49.4 Å². The van der Waals surface area contributed by atoms with E-state index in [4.69, 9.17) is 0 Å². The quantitative estimate of drug-likeness (QED) is 0.367. The van der Waals surface area contributed by atoms with Crippen LogP contribution < -0.4 is 0 Å². The van der Waals surface area contributed by atoms with Gasteiger partial charge in [0.1, 0.15) is 0 Å². The lowest BCUT2D eigenvalue weighted by atomic mass is 9.80. The third-order valence-electron chi connectivity index (χ3n) is 4.12. The van der Waals surface area contributed by atoms with Crippen LogP contribution in [0.3, 0.4) is 0 Å². The SMILES string of the molecule is CC1CCC(CC(=O)c2cc(Br)cc(Br)c2[N+](=O)[O-])CC1. The molecule has 0 heterocycles. The monoisotopic (exact) mass is 417 g/mol. The second-order valence-corrected chi connectivity index (χ2v) is 7.56. The normalized spacial score (nSPS) is 22.0. The number of hydrogen-bond acceptors (Lipinski definition) is 3. The lowest BCUT2D eigenvalue weighted by molar-refractivity contribution is -0.385. The first-order valence-electron chi connectivity index (χ1n) is 7.05. The topological polar surface area (TPSA) is 60.2 Å². The fraction of sp³-hybridized carbons (Fsp3) is 0.533. The number of nitro groups is 1. The van der Waals surface area contributed by atoms with E-state index in [9.17, 15) is 14.9 Å². The molecule has 6 heteroatoms. The van der Waals surface area contributed by atoms with Crippen molar-refractivity contribution in [2.24, 2.45) is 11.8 Å². The molecule has 0 N–H and O–H groups in total. The molecular formula is C15H17Br2NO3. The zero-order chi connectivity index (χ0) is 15.6. The van der Waals surface area contributed by atoms with Gasteiger partial charge in [-0.25, -0.2) is 0 Å². The molecule has 0 aromatic heterocycles. The third-order valence-corrected chi connectivity index (χ3v) is 5.18. The van der Waals surface area contributed by atoms with E-state index in [-0.39, 0.29) is 17.0 Å². The Morgan fingerprint density at radius 2 is 1.90 bits per heavy atom. The van der Waals surface area contributed by atoms with E-state index < -0.39 is 4.92 Å². The standard InChI is InChI=1S/C15H17Br2NO3/c1-9-2-4-10(5-3-9)6-14(19)12-7-11(16)8-13(17)15(12)18(20)21/h7-10H,2-6H2,1H3. The van der Waals surface area contributed by atoms with E-state index in [1.807, 2.05) is 0 Å². The Kier molecular flexibility index (Phi) is 5.54. The fourth-order valence-corrected chi connectivity index (χ4v) is 4.24. The van der Waals surface area contributed by atoms with Crippen LogP contribution in [0.2, 0.25) is 0 Å². The van der Waals surface area contributed by atoms with Crippen molar-refractivity contribution in [3.63, 3.8) is 0 Å². The number of halogens is 2. The zero-order valence-corrected chi connectivity index (χ0v) is 14.9. The molecule has 21 heavy (non-hydrogen) atoms. The molecule has 0 saturated heterocycles. The number of rotatable bonds is 4. The number of carbonyl (C=O) groups excluding carboxylic acids is 1. The average molecular weight is 419 g/mol. The maximum absolute atomic E-state index is 12.5. The minimum Gasteiger partial charge on any atom is -0.294 e. The summed E-state index contributed by atoms with van der Waals surface area (Å²) in [5.41, 5.74) is 0.0623. The molecule has 114 valence electrons. The van der Waals surface area contributed by atoms with Gasteiger partial charge in [-0.3, -0.25) is 14.9 Å². The van der Waals surface area contributed by atoms with Gasteiger partial charge < -0.3 is 0 Å². The number of nitro benzene ring substituents is 1. The molecule has 0 amide bonds. The highest BCUT2D eigenvalue weighted by Gasteiger charge is 2.27. The molecule has 1 aliphatic carbocycles. The van der Waals surface area contributed by atoms with Crippen molar-refractivity contribution in [3.05, 3.63) is 36.8 Å². The first-order chi connectivity index (χ1) is 9.88. The summed E-state index contributed by atoms with van der Waals surface area (Å²) in [6.07, 6.45) is 4.76. The Labute approximate surface area is 140 Å². The summed E-state index contributed by atoms with van der Waals surface area (Å²) in [5.74, 6) is 0.944. The summed E-state index contributed by atoms with van der Waals surface area (Å²) in [6.45, 7) is 2.23. The van der Waals surface area contributed by atoms with E-state index in [0.717, 1.165) is 31.6 Å². The molecule has 1 aliphatic rings. The van der Waals surface area contributed by atoms with Gasteiger partial charge in [0.05, 0.1) is 15.0 Å². The van der Waals surface area contributed by atoms with Gasteiger partial charge in [-0.05, 0) is 52.7 Å². The van der Waals surface area contributed by atoms with Crippen molar-refractivity contribution in [2.75, 3.05) is 0 Å². The number of nitrogens with zero attached hydrogens (tertiary/aromatic N) is 1. The van der Waals surface area contributed by atoms with Crippen LogP contribution in [0.4, 0.5) is 5.69 Å². The van der Waals surface area contributed by atoms with Crippen LogP contribution in [0.5, 0.6) is 0 Å². The highest BCUT2D eigenvalue weighted by atomic mass is 79.9. The molecule has 1 fully saturated rings. The molecular weight excluding hydrogens is 402 g/mol. The molecule has 0 unspecified atom stereocenters. The van der Waals surface area contributed by atoms with E-state index in [1.165, 1.54) is 0 Å². The number of hydrogen-bond donors (Lipinski definition) is 0. The van der Waals surface area contributed by atoms with Crippen LogP contribution in [-0.2, 0) is 0 Å². The Morgan fingerprint density at radius 1 is 1.29 bits per heavy atom. The van der Waals surface area contributed by atoms with Crippen LogP contribution in [-0.4, -0.2) is 10.7 Å². The van der Waals surface area contributed by atoms with Gasteiger partial charge in [0.25, 0.3) is 5.69 Å². The molecule has 0 atom stereocenters. The van der Waals surface area contributed by atoms with Crippen LogP contribution in [0.15, 0.2) is 21.1 Å². The van der Waals surface area contributed by atoms with E-state index >= 15 is 0 Å². The number of carbonyl (C=O) groups is 1. The van der Waals surface area contributed by atoms with E-state index in [2.05, 4.69) is 38.8 Å². The van der Waals surface area contributed by atoms with Crippen LogP contribution >= 0.6 is 31.9 Å². The Bertz CT molecular complexity index is 566. The second kappa shape index (κ2) is 7.01. The van der Waals surface area contributed by atoms with E-state index in [1.54, 1.807) is 12.1 Å². The van der Waals surface area contributed by atoms with Crippen molar-refractivity contribution < 1.29 is 9.72 Å². The molecule has 2 rings (SSSR count). The molecule has 1 saturated carbocycles. The van der Waals surface area contributed by atoms with Gasteiger partial charge in [0.2, 0.25) is 0 Å². The smallest absolute Gasteiger partial charge is 0.294 e. The molecule has 0 spiro atoms. The highest BCUT2D eigenvalue weighted by molar-refractivity contribution is 9.11. The predicted molar refractivity (Wildman–Crippen MR) is 88.6 cm³/mol. The Hall–Kier alpha value is -0.750. The molecule has 4 nitrogen and oxygen atoms in total. The van der Waals surface area contributed by atoms with Crippen LogP contribution in [0.25, 0.3) is 0 Å².